The van der Waals surface area contributed by atoms with Crippen LogP contribution >= 0.6 is 0 Å². The fourth-order valence-electron chi connectivity index (χ4n) is 2.18. The average molecular weight is 388 g/mol. The third-order valence-electron chi connectivity index (χ3n) is 4.01. The lowest BCUT2D eigenvalue weighted by molar-refractivity contribution is -0.125. The average Bonchev–Trinajstić information content (AvgIpc) is 2.60. The summed E-state index contributed by atoms with van der Waals surface area (Å²) in [6.45, 7) is 9.62. The molecule has 1 amide bonds. The van der Waals surface area contributed by atoms with Crippen LogP contribution in [0.15, 0.2) is 0 Å². The number of amides is 1. The van der Waals surface area contributed by atoms with Gasteiger partial charge in [0.2, 0.25) is 5.91 Å². The fourth-order valence-corrected chi connectivity index (χ4v) is 2.18. The van der Waals surface area contributed by atoms with E-state index in [9.17, 15) is 14.4 Å². The van der Waals surface area contributed by atoms with E-state index in [1.807, 2.05) is 6.92 Å². The minimum absolute atomic E-state index is 0.0231. The van der Waals surface area contributed by atoms with Crippen LogP contribution in [0.5, 0.6) is 0 Å². The molecule has 158 valence electrons. The number of unbranched alkanes of at least 4 members (excludes halogenated alkanes) is 1. The molecule has 0 aromatic carbocycles. The zero-order chi connectivity index (χ0) is 20.5. The van der Waals surface area contributed by atoms with Crippen molar-refractivity contribution in [1.29, 1.82) is 0 Å². The molecule has 1 N–H and O–H groups in total. The fraction of sp³-hybridized carbons (Fsp3) is 0.850. The Morgan fingerprint density at radius 3 is 2.04 bits per heavy atom. The molecule has 0 bridgehead atoms. The molecule has 7 heteroatoms. The first-order valence-corrected chi connectivity index (χ1v) is 9.89. The molecule has 0 spiro atoms. The minimum atomic E-state index is -0.238. The number of Topliss-reactive ketones (excluding diaryl/α,β-unsaturated/α-hetero) is 2. The molecule has 0 heterocycles. The molecule has 0 aliphatic carbocycles. The molecule has 0 aliphatic rings. The summed E-state index contributed by atoms with van der Waals surface area (Å²) in [6, 6.07) is 0. The van der Waals surface area contributed by atoms with Gasteiger partial charge in [-0.2, -0.15) is 0 Å². The molecule has 0 aromatic heterocycles. The van der Waals surface area contributed by atoms with Gasteiger partial charge in [0.15, 0.2) is 0 Å². The smallest absolute Gasteiger partial charge is 0.222 e. The van der Waals surface area contributed by atoms with Gasteiger partial charge in [0.1, 0.15) is 11.6 Å². The number of nitrogens with one attached hydrogen (secondary N) is 1. The summed E-state index contributed by atoms with van der Waals surface area (Å²) in [7, 11) is 0. The van der Waals surface area contributed by atoms with Crippen LogP contribution in [-0.4, -0.2) is 63.2 Å². The molecule has 0 saturated carbocycles. The van der Waals surface area contributed by atoms with Crippen molar-refractivity contribution in [3.8, 4) is 0 Å². The van der Waals surface area contributed by atoms with Crippen LogP contribution in [0, 0.1) is 5.92 Å². The summed E-state index contributed by atoms with van der Waals surface area (Å²) in [5.41, 5.74) is 0. The van der Waals surface area contributed by atoms with Gasteiger partial charge in [-0.3, -0.25) is 14.4 Å². The minimum Gasteiger partial charge on any atom is -0.381 e. The summed E-state index contributed by atoms with van der Waals surface area (Å²) < 4.78 is 16.9. The molecule has 0 aromatic rings. The number of hydrogen-bond acceptors (Lipinski definition) is 6. The van der Waals surface area contributed by atoms with Crippen molar-refractivity contribution < 1.29 is 28.6 Å². The van der Waals surface area contributed by atoms with Crippen LogP contribution in [0.4, 0.5) is 0 Å². The highest BCUT2D eigenvalue weighted by atomic mass is 16.5. The van der Waals surface area contributed by atoms with Crippen molar-refractivity contribution in [1.82, 2.24) is 5.32 Å². The molecule has 0 rings (SSSR count). The van der Waals surface area contributed by atoms with Crippen LogP contribution in [0.2, 0.25) is 0 Å². The van der Waals surface area contributed by atoms with Crippen LogP contribution < -0.4 is 5.32 Å². The van der Waals surface area contributed by atoms with Crippen molar-refractivity contribution >= 4 is 17.5 Å². The van der Waals surface area contributed by atoms with Gasteiger partial charge in [0.25, 0.3) is 0 Å². The summed E-state index contributed by atoms with van der Waals surface area (Å²) in [4.78, 5) is 33.7. The second-order valence-electron chi connectivity index (χ2n) is 6.89. The Morgan fingerprint density at radius 1 is 0.889 bits per heavy atom. The van der Waals surface area contributed by atoms with Crippen LogP contribution in [0.25, 0.3) is 0 Å². The van der Waals surface area contributed by atoms with Gasteiger partial charge in [-0.05, 0) is 20.3 Å². The summed E-state index contributed by atoms with van der Waals surface area (Å²) in [5.74, 6) is 0.191. The Morgan fingerprint density at radius 2 is 1.48 bits per heavy atom. The lowest BCUT2D eigenvalue weighted by atomic mass is 10.1. The quantitative estimate of drug-likeness (QED) is 0.363. The van der Waals surface area contributed by atoms with Crippen molar-refractivity contribution in [3.05, 3.63) is 0 Å². The highest BCUT2D eigenvalue weighted by Crippen LogP contribution is 2.10. The summed E-state index contributed by atoms with van der Waals surface area (Å²) in [6.07, 6.45) is 2.83. The van der Waals surface area contributed by atoms with E-state index in [0.717, 1.165) is 12.8 Å². The van der Waals surface area contributed by atoms with Gasteiger partial charge in [-0.15, -0.1) is 0 Å². The molecular weight excluding hydrogens is 350 g/mol. The second kappa shape index (κ2) is 16.8. The molecule has 0 saturated heterocycles. The number of ether oxygens (including phenoxy) is 3. The monoisotopic (exact) mass is 387 g/mol. The highest BCUT2D eigenvalue weighted by molar-refractivity contribution is 5.76. The van der Waals surface area contributed by atoms with E-state index in [1.165, 1.54) is 13.8 Å². The predicted octanol–water partition coefficient (Wildman–Crippen LogP) is 2.31. The lowest BCUT2D eigenvalue weighted by Gasteiger charge is -2.24. The highest BCUT2D eigenvalue weighted by Gasteiger charge is 2.19. The Hall–Kier alpha value is -1.31. The van der Waals surface area contributed by atoms with E-state index in [4.69, 9.17) is 14.2 Å². The van der Waals surface area contributed by atoms with Crippen LogP contribution in [0.1, 0.15) is 59.8 Å². The number of hydrogen-bond donors (Lipinski definition) is 1. The predicted molar refractivity (Wildman–Crippen MR) is 104 cm³/mol. The molecule has 2 atom stereocenters. The SMILES string of the molecule is CCCCNC(=O)CCOC(COCCC(C)=O)C(C)COCCC(C)=O. The molecule has 0 aliphatic heterocycles. The van der Waals surface area contributed by atoms with E-state index in [2.05, 4.69) is 12.2 Å². The molecule has 0 fully saturated rings. The first kappa shape index (κ1) is 25.7. The van der Waals surface area contributed by atoms with Gasteiger partial charge in [-0.1, -0.05) is 20.3 Å². The number of carbonyl (C=O) groups is 3. The molecule has 27 heavy (non-hydrogen) atoms. The van der Waals surface area contributed by atoms with Crippen molar-refractivity contribution in [2.75, 3.05) is 39.6 Å². The Kier molecular flexibility index (Phi) is 16.0. The van der Waals surface area contributed by atoms with Gasteiger partial charge in [0, 0.05) is 31.7 Å². The maximum absolute atomic E-state index is 11.8. The third kappa shape index (κ3) is 16.6. The Balaban J connectivity index is 4.26. The Labute approximate surface area is 163 Å². The first-order chi connectivity index (χ1) is 12.9. The van der Waals surface area contributed by atoms with E-state index in [0.29, 0.717) is 58.8 Å². The second-order valence-corrected chi connectivity index (χ2v) is 6.89. The number of rotatable bonds is 18. The van der Waals surface area contributed by atoms with E-state index >= 15 is 0 Å². The van der Waals surface area contributed by atoms with Crippen LogP contribution in [-0.2, 0) is 28.6 Å². The topological polar surface area (TPSA) is 90.9 Å². The molecule has 0 radical (unpaired) electrons. The van der Waals surface area contributed by atoms with Crippen molar-refractivity contribution in [2.45, 2.75) is 65.9 Å². The van der Waals surface area contributed by atoms with E-state index in [1.54, 1.807) is 0 Å². The molecule has 7 nitrogen and oxygen atoms in total. The van der Waals surface area contributed by atoms with Crippen LogP contribution in [0.3, 0.4) is 0 Å². The van der Waals surface area contributed by atoms with Gasteiger partial charge in [0.05, 0.1) is 39.1 Å². The van der Waals surface area contributed by atoms with Gasteiger partial charge >= 0.3 is 0 Å². The Bertz CT molecular complexity index is 427. The van der Waals surface area contributed by atoms with E-state index < -0.39 is 0 Å². The standard InChI is InChI=1S/C20H37NO6/c1-5-6-10-21-20(24)9-13-27-19(15-26-12-8-18(4)23)16(2)14-25-11-7-17(3)22/h16,19H,5-15H2,1-4H3,(H,21,24). The summed E-state index contributed by atoms with van der Waals surface area (Å²) in [5, 5.41) is 2.86. The lowest BCUT2D eigenvalue weighted by Crippen LogP contribution is -2.33. The number of carbonyl (C=O) groups excluding carboxylic acids is 3. The van der Waals surface area contributed by atoms with Crippen molar-refractivity contribution in [3.63, 3.8) is 0 Å². The zero-order valence-electron chi connectivity index (χ0n) is 17.4. The van der Waals surface area contributed by atoms with Gasteiger partial charge < -0.3 is 19.5 Å². The zero-order valence-corrected chi connectivity index (χ0v) is 17.4. The molecular formula is C20H37NO6. The third-order valence-corrected chi connectivity index (χ3v) is 4.01. The van der Waals surface area contributed by atoms with Gasteiger partial charge in [-0.25, -0.2) is 0 Å². The largest absolute Gasteiger partial charge is 0.381 e. The van der Waals surface area contributed by atoms with E-state index in [-0.39, 0.29) is 29.5 Å². The summed E-state index contributed by atoms with van der Waals surface area (Å²) >= 11 is 0. The number of ketones is 2. The molecule has 2 unspecified atom stereocenters. The van der Waals surface area contributed by atoms with Crippen molar-refractivity contribution in [2.24, 2.45) is 5.92 Å². The first-order valence-electron chi connectivity index (χ1n) is 9.89. The maximum Gasteiger partial charge on any atom is 0.222 e. The normalized spacial score (nSPS) is 13.2. The maximum atomic E-state index is 11.8.